The first-order chi connectivity index (χ1) is 13.5. The number of fused-ring (bicyclic) bond motifs is 1. The minimum absolute atomic E-state index is 0.288. The number of aromatic nitrogens is 7. The summed E-state index contributed by atoms with van der Waals surface area (Å²) in [6.45, 7) is 3.78. The van der Waals surface area contributed by atoms with Gasteiger partial charge in [0.05, 0.1) is 23.8 Å². The van der Waals surface area contributed by atoms with Gasteiger partial charge in [0.25, 0.3) is 0 Å². The molecule has 4 aromatic rings. The number of para-hydroxylation sites is 2. The number of hydrogen-bond donors (Lipinski definition) is 0. The Morgan fingerprint density at radius 1 is 1.04 bits per heavy atom. The minimum atomic E-state index is 0.288. The molecule has 0 radical (unpaired) electrons. The second kappa shape index (κ2) is 6.12. The lowest BCUT2D eigenvalue weighted by molar-refractivity contribution is 0.376. The highest BCUT2D eigenvalue weighted by Crippen LogP contribution is 2.54. The summed E-state index contributed by atoms with van der Waals surface area (Å²) in [5.41, 5.74) is 3.13. The Morgan fingerprint density at radius 3 is 2.57 bits per heavy atom. The Morgan fingerprint density at radius 2 is 1.86 bits per heavy atom. The van der Waals surface area contributed by atoms with E-state index in [4.69, 9.17) is 9.72 Å². The number of benzene rings is 1. The topological polar surface area (TPSA) is 83.5 Å². The molecule has 1 aromatic carbocycles. The number of nitrogens with zero attached hydrogens (tertiary/aromatic N) is 7. The van der Waals surface area contributed by atoms with Crippen LogP contribution in [0.1, 0.15) is 41.4 Å². The highest BCUT2D eigenvalue weighted by molar-refractivity contribution is 5.76. The van der Waals surface area contributed by atoms with E-state index in [1.807, 2.05) is 32.0 Å². The molecule has 8 heteroatoms. The zero-order valence-electron chi connectivity index (χ0n) is 16.3. The van der Waals surface area contributed by atoms with Crippen LogP contribution < -0.4 is 4.74 Å². The zero-order chi connectivity index (χ0) is 19.4. The molecule has 28 heavy (non-hydrogen) atoms. The van der Waals surface area contributed by atoms with Crippen LogP contribution in [-0.2, 0) is 7.05 Å². The molecule has 1 unspecified atom stereocenters. The molecule has 0 spiro atoms. The van der Waals surface area contributed by atoms with Gasteiger partial charge in [-0.2, -0.15) is 14.6 Å². The second-order valence-electron chi connectivity index (χ2n) is 7.22. The molecule has 0 amide bonds. The third kappa shape index (κ3) is 2.64. The number of hydrogen-bond acceptors (Lipinski definition) is 6. The Hall–Kier alpha value is -3.29. The third-order valence-electron chi connectivity index (χ3n) is 5.31. The predicted octanol–water partition coefficient (Wildman–Crippen LogP) is 2.84. The normalized spacial score (nSPS) is 18.6. The van der Waals surface area contributed by atoms with Crippen molar-refractivity contribution < 1.29 is 4.74 Å². The first kappa shape index (κ1) is 16.9. The number of ether oxygens (including phenoxy) is 1. The summed E-state index contributed by atoms with van der Waals surface area (Å²) in [6, 6.07) is 10.5. The van der Waals surface area contributed by atoms with E-state index in [9.17, 15) is 0 Å². The van der Waals surface area contributed by atoms with Gasteiger partial charge in [-0.15, -0.1) is 5.10 Å². The Kier molecular flexibility index (Phi) is 3.68. The predicted molar refractivity (Wildman–Crippen MR) is 104 cm³/mol. The summed E-state index contributed by atoms with van der Waals surface area (Å²) in [7, 11) is 3.66. The fraction of sp³-hybridized carbons (Fsp3) is 0.350. The monoisotopic (exact) mass is 375 g/mol. The minimum Gasteiger partial charge on any atom is -0.467 e. The maximum atomic E-state index is 5.35. The molecule has 5 rings (SSSR count). The van der Waals surface area contributed by atoms with Gasteiger partial charge in [-0.1, -0.05) is 12.1 Å². The molecule has 1 saturated carbocycles. The summed E-state index contributed by atoms with van der Waals surface area (Å²) in [4.78, 5) is 18.3. The molecular weight excluding hydrogens is 354 g/mol. The average Bonchev–Trinajstić information content (AvgIpc) is 3.33. The summed E-state index contributed by atoms with van der Waals surface area (Å²) in [6.07, 6.45) is 1.01. The molecule has 2 atom stereocenters. The van der Waals surface area contributed by atoms with E-state index >= 15 is 0 Å². The Labute approximate surface area is 162 Å². The largest absolute Gasteiger partial charge is 0.467 e. The van der Waals surface area contributed by atoms with Crippen molar-refractivity contribution in [1.82, 2.24) is 34.3 Å². The van der Waals surface area contributed by atoms with Crippen molar-refractivity contribution in [2.45, 2.75) is 32.1 Å². The van der Waals surface area contributed by atoms with Gasteiger partial charge in [0.2, 0.25) is 0 Å². The summed E-state index contributed by atoms with van der Waals surface area (Å²) in [5, 5.41) is 4.44. The Bertz CT molecular complexity index is 1190. The van der Waals surface area contributed by atoms with Crippen LogP contribution in [0.15, 0.2) is 30.3 Å². The molecular formula is C20H21N7O. The molecule has 142 valence electrons. The number of imidazole rings is 1. The maximum absolute atomic E-state index is 5.35. The fourth-order valence-electron chi connectivity index (χ4n) is 3.86. The molecule has 1 aliphatic carbocycles. The van der Waals surface area contributed by atoms with Crippen molar-refractivity contribution in [1.29, 1.82) is 0 Å². The van der Waals surface area contributed by atoms with E-state index in [-0.39, 0.29) is 5.92 Å². The van der Waals surface area contributed by atoms with Gasteiger partial charge in [-0.25, -0.2) is 9.97 Å². The molecule has 0 N–H and O–H groups in total. The molecule has 1 aliphatic rings. The lowest BCUT2D eigenvalue weighted by Crippen LogP contribution is -2.07. The molecule has 3 heterocycles. The van der Waals surface area contributed by atoms with E-state index in [0.29, 0.717) is 23.6 Å². The lowest BCUT2D eigenvalue weighted by atomic mass is 10.2. The van der Waals surface area contributed by atoms with E-state index < -0.39 is 0 Å². The first-order valence-electron chi connectivity index (χ1n) is 9.30. The van der Waals surface area contributed by atoms with Gasteiger partial charge < -0.3 is 9.30 Å². The molecule has 0 aliphatic heterocycles. The van der Waals surface area contributed by atoms with Crippen LogP contribution in [-0.4, -0.2) is 41.4 Å². The zero-order valence-corrected chi connectivity index (χ0v) is 16.3. The number of rotatable bonds is 4. The van der Waals surface area contributed by atoms with Crippen molar-refractivity contribution in [3.63, 3.8) is 0 Å². The van der Waals surface area contributed by atoms with Crippen molar-refractivity contribution in [2.75, 3.05) is 7.11 Å². The van der Waals surface area contributed by atoms with Crippen molar-refractivity contribution >= 4 is 11.0 Å². The van der Waals surface area contributed by atoms with Crippen LogP contribution in [0.5, 0.6) is 6.01 Å². The van der Waals surface area contributed by atoms with Gasteiger partial charge in [0.15, 0.2) is 5.82 Å². The van der Waals surface area contributed by atoms with Crippen LogP contribution in [0, 0.1) is 13.8 Å². The summed E-state index contributed by atoms with van der Waals surface area (Å²) >= 11 is 0. The standard InChI is InChI=1S/C20H21N7O/c1-11-21-12(2)27(25-11)18-10-16(23-20(24-18)28-4)13-9-14(13)19-22-15-7-5-6-8-17(15)26(19)3/h5-8,10,13-14H,9H2,1-4H3/t13?,14-/m0/s1. The maximum Gasteiger partial charge on any atom is 0.318 e. The molecule has 8 nitrogen and oxygen atoms in total. The van der Waals surface area contributed by atoms with Crippen LogP contribution in [0.3, 0.4) is 0 Å². The smallest absolute Gasteiger partial charge is 0.318 e. The van der Waals surface area contributed by atoms with Crippen molar-refractivity contribution in [3.8, 4) is 11.8 Å². The van der Waals surface area contributed by atoms with E-state index in [1.165, 1.54) is 0 Å². The van der Waals surface area contributed by atoms with Crippen LogP contribution in [0.25, 0.3) is 16.9 Å². The quantitative estimate of drug-likeness (QED) is 0.545. The van der Waals surface area contributed by atoms with E-state index in [1.54, 1.807) is 11.8 Å². The van der Waals surface area contributed by atoms with Crippen LogP contribution in [0.2, 0.25) is 0 Å². The van der Waals surface area contributed by atoms with Crippen molar-refractivity contribution in [3.05, 3.63) is 53.5 Å². The lowest BCUT2D eigenvalue weighted by Gasteiger charge is -2.08. The SMILES string of the molecule is COc1nc(C2C[C@@H]2c2nc3ccccc3n2C)cc(-n2nc(C)nc2C)n1. The second-order valence-corrected chi connectivity index (χ2v) is 7.22. The van der Waals surface area contributed by atoms with Gasteiger partial charge in [0, 0.05) is 24.9 Å². The summed E-state index contributed by atoms with van der Waals surface area (Å²) < 4.78 is 9.27. The highest BCUT2D eigenvalue weighted by Gasteiger charge is 2.44. The Balaban J connectivity index is 1.52. The van der Waals surface area contributed by atoms with Gasteiger partial charge in [0.1, 0.15) is 17.5 Å². The van der Waals surface area contributed by atoms with Crippen molar-refractivity contribution in [2.24, 2.45) is 7.05 Å². The van der Waals surface area contributed by atoms with Crippen LogP contribution >= 0.6 is 0 Å². The average molecular weight is 375 g/mol. The molecule has 3 aromatic heterocycles. The van der Waals surface area contributed by atoms with Crippen LogP contribution in [0.4, 0.5) is 0 Å². The molecule has 0 bridgehead atoms. The molecule has 0 saturated heterocycles. The van der Waals surface area contributed by atoms with E-state index in [0.717, 1.165) is 34.8 Å². The molecule has 1 fully saturated rings. The number of methoxy groups -OCH3 is 1. The summed E-state index contributed by atoms with van der Waals surface area (Å²) in [5.74, 6) is 3.89. The number of aryl methyl sites for hydroxylation is 3. The van der Waals surface area contributed by atoms with Gasteiger partial charge >= 0.3 is 6.01 Å². The van der Waals surface area contributed by atoms with Gasteiger partial charge in [-0.3, -0.25) is 0 Å². The highest BCUT2D eigenvalue weighted by atomic mass is 16.5. The fourth-order valence-corrected chi connectivity index (χ4v) is 3.86. The van der Waals surface area contributed by atoms with E-state index in [2.05, 4.69) is 43.8 Å². The van der Waals surface area contributed by atoms with Gasteiger partial charge in [-0.05, 0) is 32.4 Å². The first-order valence-corrected chi connectivity index (χ1v) is 9.30. The third-order valence-corrected chi connectivity index (χ3v) is 5.31.